The molecule has 0 aromatic heterocycles. The Balaban J connectivity index is 3.16. The van der Waals surface area contributed by atoms with Gasteiger partial charge in [-0.1, -0.05) is 39.8 Å². The van der Waals surface area contributed by atoms with Crippen LogP contribution in [0.3, 0.4) is 0 Å². The molecule has 0 fully saturated rings. The normalized spacial score (nSPS) is 13.2. The van der Waals surface area contributed by atoms with Crippen LogP contribution in [-0.4, -0.2) is 19.5 Å². The summed E-state index contributed by atoms with van der Waals surface area (Å²) in [4.78, 5) is 14.0. The molecule has 19 heavy (non-hydrogen) atoms. The van der Waals surface area contributed by atoms with Crippen molar-refractivity contribution in [1.82, 2.24) is 0 Å². The summed E-state index contributed by atoms with van der Waals surface area (Å²) in [6.07, 6.45) is 0. The highest BCUT2D eigenvalue weighted by molar-refractivity contribution is 5.95. The highest BCUT2D eigenvalue weighted by Gasteiger charge is 2.21. The van der Waals surface area contributed by atoms with Crippen molar-refractivity contribution in [3.63, 3.8) is 0 Å². The van der Waals surface area contributed by atoms with Crippen LogP contribution >= 0.6 is 0 Å². The number of aryl methyl sites for hydroxylation is 1. The monoisotopic (exact) mass is 262 g/mol. The third-order valence-electron chi connectivity index (χ3n) is 3.54. The average molecular weight is 262 g/mol. The lowest BCUT2D eigenvalue weighted by Gasteiger charge is -2.26. The zero-order valence-corrected chi connectivity index (χ0v) is 12.9. The number of carbonyl (C=O) groups excluding carboxylic acids is 1. The first kappa shape index (κ1) is 15.7. The van der Waals surface area contributed by atoms with Crippen molar-refractivity contribution in [2.45, 2.75) is 40.0 Å². The largest absolute Gasteiger partial charge is 0.330 e. The van der Waals surface area contributed by atoms with Gasteiger partial charge in [0.25, 0.3) is 0 Å². The second kappa shape index (κ2) is 5.74. The molecule has 3 nitrogen and oxygen atoms in total. The maximum absolute atomic E-state index is 12.2. The van der Waals surface area contributed by atoms with Crippen molar-refractivity contribution in [1.29, 1.82) is 0 Å². The van der Waals surface area contributed by atoms with Gasteiger partial charge < -0.3 is 10.6 Å². The van der Waals surface area contributed by atoms with Crippen LogP contribution in [0, 0.1) is 12.8 Å². The van der Waals surface area contributed by atoms with E-state index in [2.05, 4.69) is 39.0 Å². The van der Waals surface area contributed by atoms with E-state index in [1.807, 2.05) is 20.9 Å². The van der Waals surface area contributed by atoms with Crippen LogP contribution in [-0.2, 0) is 10.2 Å². The van der Waals surface area contributed by atoms with Gasteiger partial charge in [0.1, 0.15) is 0 Å². The quantitative estimate of drug-likeness (QED) is 0.910. The topological polar surface area (TPSA) is 46.3 Å². The molecule has 1 atom stereocenters. The number of amides is 1. The number of nitrogens with zero attached hydrogens (tertiary/aromatic N) is 1. The summed E-state index contributed by atoms with van der Waals surface area (Å²) in [5.41, 5.74) is 8.96. The van der Waals surface area contributed by atoms with Gasteiger partial charge in [-0.15, -0.1) is 0 Å². The fourth-order valence-corrected chi connectivity index (χ4v) is 1.99. The van der Waals surface area contributed by atoms with E-state index in [0.717, 1.165) is 11.3 Å². The van der Waals surface area contributed by atoms with E-state index in [4.69, 9.17) is 5.73 Å². The van der Waals surface area contributed by atoms with Crippen LogP contribution in [0.2, 0.25) is 0 Å². The molecular formula is C16H26N2O. The van der Waals surface area contributed by atoms with E-state index in [1.165, 1.54) is 5.56 Å². The first-order chi connectivity index (χ1) is 8.68. The highest BCUT2D eigenvalue weighted by atomic mass is 16.2. The molecule has 1 aromatic carbocycles. The number of hydrogen-bond donors (Lipinski definition) is 1. The fourth-order valence-electron chi connectivity index (χ4n) is 1.99. The lowest BCUT2D eigenvalue weighted by molar-refractivity contribution is -0.121. The molecule has 0 saturated heterocycles. The fraction of sp³-hybridized carbons (Fsp3) is 0.562. The van der Waals surface area contributed by atoms with Crippen molar-refractivity contribution in [3.05, 3.63) is 29.3 Å². The van der Waals surface area contributed by atoms with Crippen molar-refractivity contribution >= 4 is 11.6 Å². The van der Waals surface area contributed by atoms with Crippen molar-refractivity contribution in [2.24, 2.45) is 11.7 Å². The Morgan fingerprint density at radius 3 is 2.42 bits per heavy atom. The molecule has 1 aromatic rings. The van der Waals surface area contributed by atoms with Crippen LogP contribution in [0.1, 0.15) is 38.8 Å². The van der Waals surface area contributed by atoms with Gasteiger partial charge >= 0.3 is 0 Å². The second-order valence-corrected chi connectivity index (χ2v) is 6.29. The zero-order valence-electron chi connectivity index (χ0n) is 12.9. The summed E-state index contributed by atoms with van der Waals surface area (Å²) in [6, 6.07) is 6.31. The Morgan fingerprint density at radius 1 is 1.37 bits per heavy atom. The number of hydrogen-bond acceptors (Lipinski definition) is 2. The van der Waals surface area contributed by atoms with Gasteiger partial charge in [0.05, 0.1) is 0 Å². The Labute approximate surface area is 116 Å². The average Bonchev–Trinajstić information content (AvgIpc) is 2.35. The van der Waals surface area contributed by atoms with E-state index in [1.54, 1.807) is 4.90 Å². The molecule has 106 valence electrons. The summed E-state index contributed by atoms with van der Waals surface area (Å²) in [6.45, 7) is 10.8. The second-order valence-electron chi connectivity index (χ2n) is 6.29. The summed E-state index contributed by atoms with van der Waals surface area (Å²) < 4.78 is 0. The first-order valence-electron chi connectivity index (χ1n) is 6.77. The SMILES string of the molecule is Cc1ccc(C(C)(C)C)cc1N(C)C(=O)C(C)CN. The summed E-state index contributed by atoms with van der Waals surface area (Å²) in [5.74, 6) is -0.0839. The third-order valence-corrected chi connectivity index (χ3v) is 3.54. The lowest BCUT2D eigenvalue weighted by atomic mass is 9.86. The molecule has 0 spiro atoms. The van der Waals surface area contributed by atoms with Gasteiger partial charge in [0, 0.05) is 25.2 Å². The Morgan fingerprint density at radius 2 is 1.95 bits per heavy atom. The van der Waals surface area contributed by atoms with Crippen LogP contribution in [0.15, 0.2) is 18.2 Å². The number of nitrogens with two attached hydrogens (primary N) is 1. The number of carbonyl (C=O) groups is 1. The molecule has 0 aliphatic rings. The van der Waals surface area contributed by atoms with Crippen molar-refractivity contribution < 1.29 is 4.79 Å². The zero-order chi connectivity index (χ0) is 14.8. The molecule has 2 N–H and O–H groups in total. The molecule has 1 rings (SSSR count). The van der Waals surface area contributed by atoms with Crippen LogP contribution in [0.5, 0.6) is 0 Å². The molecular weight excluding hydrogens is 236 g/mol. The Kier molecular flexibility index (Phi) is 4.75. The predicted molar refractivity (Wildman–Crippen MR) is 81.5 cm³/mol. The van der Waals surface area contributed by atoms with Crippen LogP contribution in [0.4, 0.5) is 5.69 Å². The number of rotatable bonds is 3. The summed E-state index contributed by atoms with van der Waals surface area (Å²) >= 11 is 0. The number of benzene rings is 1. The minimum absolute atomic E-state index is 0.0664. The molecule has 0 bridgehead atoms. The molecule has 0 heterocycles. The van der Waals surface area contributed by atoms with E-state index in [9.17, 15) is 4.79 Å². The molecule has 3 heteroatoms. The van der Waals surface area contributed by atoms with E-state index < -0.39 is 0 Å². The molecule has 1 unspecified atom stereocenters. The molecule has 1 amide bonds. The lowest BCUT2D eigenvalue weighted by Crippen LogP contribution is -2.35. The van der Waals surface area contributed by atoms with Gasteiger partial charge in [-0.2, -0.15) is 0 Å². The van der Waals surface area contributed by atoms with Gasteiger partial charge in [0.2, 0.25) is 5.91 Å². The Hall–Kier alpha value is -1.35. The minimum atomic E-state index is -0.150. The molecule has 0 saturated carbocycles. The summed E-state index contributed by atoms with van der Waals surface area (Å²) in [7, 11) is 1.82. The maximum atomic E-state index is 12.2. The van der Waals surface area contributed by atoms with Crippen LogP contribution in [0.25, 0.3) is 0 Å². The predicted octanol–water partition coefficient (Wildman–Crippen LogP) is 2.85. The molecule has 0 aliphatic carbocycles. The van der Waals surface area contributed by atoms with Gasteiger partial charge in [-0.3, -0.25) is 4.79 Å². The van der Waals surface area contributed by atoms with Gasteiger partial charge in [-0.05, 0) is 29.5 Å². The van der Waals surface area contributed by atoms with Gasteiger partial charge in [0.15, 0.2) is 0 Å². The van der Waals surface area contributed by atoms with Crippen molar-refractivity contribution in [2.75, 3.05) is 18.5 Å². The Bertz CT molecular complexity index is 460. The smallest absolute Gasteiger partial charge is 0.230 e. The first-order valence-corrected chi connectivity index (χ1v) is 6.77. The van der Waals surface area contributed by atoms with E-state index >= 15 is 0 Å². The standard InChI is InChI=1S/C16H26N2O/c1-11-7-8-13(16(3,4)5)9-14(11)18(6)15(19)12(2)10-17/h7-9,12H,10,17H2,1-6H3. The number of anilines is 1. The van der Waals surface area contributed by atoms with Crippen LogP contribution < -0.4 is 10.6 Å². The van der Waals surface area contributed by atoms with Gasteiger partial charge in [-0.25, -0.2) is 0 Å². The third kappa shape index (κ3) is 3.57. The summed E-state index contributed by atoms with van der Waals surface area (Å²) in [5, 5.41) is 0. The van der Waals surface area contributed by atoms with E-state index in [0.29, 0.717) is 6.54 Å². The maximum Gasteiger partial charge on any atom is 0.230 e. The molecule has 0 radical (unpaired) electrons. The van der Waals surface area contributed by atoms with E-state index in [-0.39, 0.29) is 17.2 Å². The van der Waals surface area contributed by atoms with Crippen molar-refractivity contribution in [3.8, 4) is 0 Å². The molecule has 0 aliphatic heterocycles. The minimum Gasteiger partial charge on any atom is -0.330 e. The highest BCUT2D eigenvalue weighted by Crippen LogP contribution is 2.29.